The lowest BCUT2D eigenvalue weighted by molar-refractivity contribution is -0.140. The number of halogens is 3. The van der Waals surface area contributed by atoms with Crippen LogP contribution >= 0.6 is 0 Å². The lowest BCUT2D eigenvalue weighted by Gasteiger charge is -2.24. The predicted octanol–water partition coefficient (Wildman–Crippen LogP) is 5.74. The summed E-state index contributed by atoms with van der Waals surface area (Å²) in [5.41, 5.74) is -0.316. The Morgan fingerprint density at radius 3 is 2.36 bits per heavy atom. The summed E-state index contributed by atoms with van der Waals surface area (Å²) >= 11 is 0. The van der Waals surface area contributed by atoms with E-state index in [4.69, 9.17) is 9.47 Å². The van der Waals surface area contributed by atoms with Crippen molar-refractivity contribution in [3.05, 3.63) is 36.0 Å². The number of hydrogen-bond acceptors (Lipinski definition) is 5. The summed E-state index contributed by atoms with van der Waals surface area (Å²) in [6, 6.07) is 7.04. The standard InChI is InChI=1S/C20H24F3N3O2/c1-13(2)27-16-10-8-14(9-11-16)25-19-24-12-17(20(21,22)23)18(26-19)28-15-6-4-3-5-7-15/h8-13,15H,3-7H2,1-2H3,(H,24,25,26). The molecular formula is C20H24F3N3O2. The van der Waals surface area contributed by atoms with Gasteiger partial charge >= 0.3 is 6.18 Å². The number of rotatable bonds is 6. The molecule has 152 valence electrons. The number of anilines is 2. The van der Waals surface area contributed by atoms with Gasteiger partial charge in [0, 0.05) is 11.9 Å². The first-order chi connectivity index (χ1) is 13.3. The second-order valence-electron chi connectivity index (χ2n) is 7.10. The van der Waals surface area contributed by atoms with Crippen LogP contribution in [0.2, 0.25) is 0 Å². The van der Waals surface area contributed by atoms with E-state index in [1.54, 1.807) is 24.3 Å². The highest BCUT2D eigenvalue weighted by Gasteiger charge is 2.37. The fraction of sp³-hybridized carbons (Fsp3) is 0.500. The highest BCUT2D eigenvalue weighted by molar-refractivity contribution is 5.55. The van der Waals surface area contributed by atoms with Gasteiger partial charge in [0.05, 0.1) is 6.10 Å². The zero-order valence-electron chi connectivity index (χ0n) is 15.9. The molecule has 0 amide bonds. The normalized spacial score (nSPS) is 15.5. The Morgan fingerprint density at radius 2 is 1.75 bits per heavy atom. The largest absolute Gasteiger partial charge is 0.491 e. The van der Waals surface area contributed by atoms with E-state index in [0.717, 1.165) is 38.3 Å². The van der Waals surface area contributed by atoms with E-state index in [2.05, 4.69) is 15.3 Å². The van der Waals surface area contributed by atoms with E-state index in [1.807, 2.05) is 13.8 Å². The first-order valence-electron chi connectivity index (χ1n) is 9.46. The van der Waals surface area contributed by atoms with Crippen molar-refractivity contribution in [1.29, 1.82) is 0 Å². The molecule has 5 nitrogen and oxygen atoms in total. The van der Waals surface area contributed by atoms with Crippen LogP contribution in [0.3, 0.4) is 0 Å². The monoisotopic (exact) mass is 395 g/mol. The average Bonchev–Trinajstić information content (AvgIpc) is 2.63. The maximum atomic E-state index is 13.3. The van der Waals surface area contributed by atoms with Gasteiger partial charge in [-0.05, 0) is 63.8 Å². The molecule has 1 saturated carbocycles. The summed E-state index contributed by atoms with van der Waals surface area (Å²) in [6.07, 6.45) is 0.464. The highest BCUT2D eigenvalue weighted by atomic mass is 19.4. The van der Waals surface area contributed by atoms with Crippen molar-refractivity contribution < 1.29 is 22.6 Å². The van der Waals surface area contributed by atoms with Gasteiger partial charge in [0.1, 0.15) is 17.4 Å². The minimum Gasteiger partial charge on any atom is -0.491 e. The van der Waals surface area contributed by atoms with Gasteiger partial charge in [-0.3, -0.25) is 0 Å². The number of benzene rings is 1. The molecule has 0 saturated heterocycles. The van der Waals surface area contributed by atoms with Crippen LogP contribution in [0.4, 0.5) is 24.8 Å². The number of nitrogens with one attached hydrogen (secondary N) is 1. The average molecular weight is 395 g/mol. The lowest BCUT2D eigenvalue weighted by Crippen LogP contribution is -2.22. The van der Waals surface area contributed by atoms with E-state index in [0.29, 0.717) is 11.4 Å². The van der Waals surface area contributed by atoms with Gasteiger partial charge in [-0.25, -0.2) is 4.98 Å². The Labute approximate surface area is 162 Å². The Kier molecular flexibility index (Phi) is 6.26. The molecule has 1 aromatic carbocycles. The van der Waals surface area contributed by atoms with Crippen LogP contribution in [0.15, 0.2) is 30.5 Å². The third-order valence-corrected chi connectivity index (χ3v) is 4.37. The van der Waals surface area contributed by atoms with E-state index in [1.165, 1.54) is 0 Å². The summed E-state index contributed by atoms with van der Waals surface area (Å²) in [7, 11) is 0. The summed E-state index contributed by atoms with van der Waals surface area (Å²) in [5, 5.41) is 2.92. The van der Waals surface area contributed by atoms with Crippen molar-refractivity contribution >= 4 is 11.6 Å². The molecule has 0 spiro atoms. The van der Waals surface area contributed by atoms with Crippen LogP contribution in [0, 0.1) is 0 Å². The molecule has 1 aliphatic rings. The van der Waals surface area contributed by atoms with Crippen molar-refractivity contribution in [2.24, 2.45) is 0 Å². The summed E-state index contributed by atoms with van der Waals surface area (Å²) < 4.78 is 51.1. The number of alkyl halides is 3. The molecule has 1 fully saturated rings. The van der Waals surface area contributed by atoms with Crippen molar-refractivity contribution in [2.75, 3.05) is 5.32 Å². The van der Waals surface area contributed by atoms with Gasteiger partial charge < -0.3 is 14.8 Å². The van der Waals surface area contributed by atoms with Crippen LogP contribution in [0.25, 0.3) is 0 Å². The number of nitrogens with zero attached hydrogens (tertiary/aromatic N) is 2. The van der Waals surface area contributed by atoms with Gasteiger partial charge in [-0.2, -0.15) is 18.2 Å². The first-order valence-corrected chi connectivity index (χ1v) is 9.46. The molecule has 0 aliphatic heterocycles. The summed E-state index contributed by atoms with van der Waals surface area (Å²) in [6.45, 7) is 3.85. The molecular weight excluding hydrogens is 371 g/mol. The van der Waals surface area contributed by atoms with Gasteiger partial charge in [-0.15, -0.1) is 0 Å². The van der Waals surface area contributed by atoms with Gasteiger partial charge in [0.25, 0.3) is 0 Å². The number of ether oxygens (including phenoxy) is 2. The summed E-state index contributed by atoms with van der Waals surface area (Å²) in [5.74, 6) is 0.336. The van der Waals surface area contributed by atoms with Gasteiger partial charge in [0.15, 0.2) is 0 Å². The fourth-order valence-electron chi connectivity index (χ4n) is 3.07. The molecule has 0 bridgehead atoms. The molecule has 1 aliphatic carbocycles. The maximum absolute atomic E-state index is 13.3. The first kappa shape index (κ1) is 20.2. The minimum atomic E-state index is -4.57. The molecule has 1 heterocycles. The molecule has 0 atom stereocenters. The van der Waals surface area contributed by atoms with Gasteiger partial charge in [-0.1, -0.05) is 6.42 Å². The Bertz CT molecular complexity index is 773. The van der Waals surface area contributed by atoms with E-state index in [-0.39, 0.29) is 18.2 Å². The minimum absolute atomic E-state index is 0.0522. The molecule has 28 heavy (non-hydrogen) atoms. The zero-order valence-corrected chi connectivity index (χ0v) is 15.9. The van der Waals surface area contributed by atoms with Gasteiger partial charge in [0.2, 0.25) is 11.8 Å². The highest BCUT2D eigenvalue weighted by Crippen LogP contribution is 2.37. The summed E-state index contributed by atoms with van der Waals surface area (Å²) in [4.78, 5) is 7.82. The third-order valence-electron chi connectivity index (χ3n) is 4.37. The van der Waals surface area contributed by atoms with Crippen LogP contribution in [0.1, 0.15) is 51.5 Å². The second-order valence-corrected chi connectivity index (χ2v) is 7.10. The molecule has 0 radical (unpaired) electrons. The molecule has 3 rings (SSSR count). The predicted molar refractivity (Wildman–Crippen MR) is 100 cm³/mol. The van der Waals surface area contributed by atoms with Crippen LogP contribution in [-0.4, -0.2) is 22.2 Å². The number of aromatic nitrogens is 2. The van der Waals surface area contributed by atoms with E-state index < -0.39 is 17.6 Å². The maximum Gasteiger partial charge on any atom is 0.423 e. The van der Waals surface area contributed by atoms with Crippen molar-refractivity contribution in [1.82, 2.24) is 9.97 Å². The molecule has 8 heteroatoms. The van der Waals surface area contributed by atoms with Crippen LogP contribution < -0.4 is 14.8 Å². The third kappa shape index (κ3) is 5.50. The van der Waals surface area contributed by atoms with Crippen molar-refractivity contribution in [2.45, 2.75) is 64.3 Å². The van der Waals surface area contributed by atoms with Crippen LogP contribution in [0.5, 0.6) is 11.6 Å². The lowest BCUT2D eigenvalue weighted by atomic mass is 9.98. The Morgan fingerprint density at radius 1 is 1.07 bits per heavy atom. The Balaban J connectivity index is 1.78. The quantitative estimate of drug-likeness (QED) is 0.676. The molecule has 0 unspecified atom stereocenters. The molecule has 1 aromatic heterocycles. The fourth-order valence-corrected chi connectivity index (χ4v) is 3.07. The number of hydrogen-bond donors (Lipinski definition) is 1. The molecule has 2 aromatic rings. The smallest absolute Gasteiger partial charge is 0.423 e. The van der Waals surface area contributed by atoms with E-state index in [9.17, 15) is 13.2 Å². The molecule has 1 N–H and O–H groups in total. The Hall–Kier alpha value is -2.51. The van der Waals surface area contributed by atoms with Crippen LogP contribution in [-0.2, 0) is 6.18 Å². The second kappa shape index (κ2) is 8.67. The van der Waals surface area contributed by atoms with E-state index >= 15 is 0 Å². The van der Waals surface area contributed by atoms with Crippen molar-refractivity contribution in [3.8, 4) is 11.6 Å². The van der Waals surface area contributed by atoms with Crippen molar-refractivity contribution in [3.63, 3.8) is 0 Å². The zero-order chi connectivity index (χ0) is 20.1. The SMILES string of the molecule is CC(C)Oc1ccc(Nc2ncc(C(F)(F)F)c(OC3CCCCC3)n2)cc1. The topological polar surface area (TPSA) is 56.3 Å².